The lowest BCUT2D eigenvalue weighted by Crippen LogP contribution is -2.22. The molecule has 280 valence electrons. The zero-order valence-electron chi connectivity index (χ0n) is 30.5. The Morgan fingerprint density at radius 1 is 0.712 bits per heavy atom. The molecule has 14 nitrogen and oxygen atoms in total. The van der Waals surface area contributed by atoms with Gasteiger partial charge in [-0.15, -0.1) is 11.8 Å². The van der Waals surface area contributed by atoms with E-state index < -0.39 is 26.0 Å². The van der Waals surface area contributed by atoms with Gasteiger partial charge >= 0.3 is 0 Å². The molecule has 0 aliphatic carbocycles. The molecule has 0 aliphatic heterocycles. The summed E-state index contributed by atoms with van der Waals surface area (Å²) in [5.41, 5.74) is 4.67. The average molecular weight is 913 g/mol. The molecule has 0 fully saturated rings. The van der Waals surface area contributed by atoms with Crippen LogP contribution in [-0.4, -0.2) is 98.6 Å². The smallest absolute Gasteiger partial charge is 0.199 e. The zero-order valence-corrected chi connectivity index (χ0v) is 37.3. The highest BCUT2D eigenvalue weighted by Gasteiger charge is 2.20. The van der Waals surface area contributed by atoms with E-state index in [4.69, 9.17) is 9.47 Å². The van der Waals surface area contributed by atoms with Crippen LogP contribution < -0.4 is 0 Å². The molecule has 52 heavy (non-hydrogen) atoms. The number of aromatic nitrogens is 10. The van der Waals surface area contributed by atoms with Gasteiger partial charge in [0.15, 0.2) is 26.2 Å². The molecule has 0 saturated heterocycles. The minimum Gasteiger partial charge on any atom is -0.360 e. The van der Waals surface area contributed by atoms with E-state index in [1.807, 2.05) is 46.3 Å². The van der Waals surface area contributed by atoms with Crippen molar-refractivity contribution in [3.63, 3.8) is 0 Å². The molecule has 0 saturated carbocycles. The fraction of sp³-hybridized carbons (Fsp3) is 0.438. The molecule has 20 heteroatoms. The van der Waals surface area contributed by atoms with Crippen LogP contribution in [0.25, 0.3) is 33.8 Å². The molecule has 6 aromatic rings. The van der Waals surface area contributed by atoms with E-state index >= 15 is 0 Å². The summed E-state index contributed by atoms with van der Waals surface area (Å²) >= 11 is 8.32. The van der Waals surface area contributed by atoms with E-state index in [0.29, 0.717) is 18.1 Å². The SMILES string of the molecule is CSc1nc(Br)cn2c(-c3cnn(COCC[Si](C)(C)C)c3)cnc12.C[Si](C)(C)CCOCn1cc(-c2cnc3c(S(C)(=O)=O)nc(Br)cn23)cn1. The molecule has 0 bridgehead atoms. The third kappa shape index (κ3) is 10.7. The molecule has 0 unspecified atom stereocenters. The predicted molar refractivity (Wildman–Crippen MR) is 217 cm³/mol. The maximum Gasteiger partial charge on any atom is 0.199 e. The Bertz CT molecular complexity index is 2260. The Labute approximate surface area is 327 Å². The summed E-state index contributed by atoms with van der Waals surface area (Å²) in [5.74, 6) is 0. The van der Waals surface area contributed by atoms with Gasteiger partial charge in [-0.05, 0) is 50.2 Å². The predicted octanol–water partition coefficient (Wildman–Crippen LogP) is 7.46. The average Bonchev–Trinajstić information content (AvgIpc) is 3.86. The number of fused-ring (bicyclic) bond motifs is 2. The summed E-state index contributed by atoms with van der Waals surface area (Å²) in [7, 11) is -5.68. The molecule has 0 atom stereocenters. The Morgan fingerprint density at radius 3 is 1.63 bits per heavy atom. The largest absolute Gasteiger partial charge is 0.360 e. The first-order valence-electron chi connectivity index (χ1n) is 16.4. The van der Waals surface area contributed by atoms with Gasteiger partial charge in [-0.3, -0.25) is 8.80 Å². The number of imidazole rings is 2. The lowest BCUT2D eigenvalue weighted by atomic mass is 10.3. The Balaban J connectivity index is 0.000000202. The Morgan fingerprint density at radius 2 is 1.17 bits per heavy atom. The summed E-state index contributed by atoms with van der Waals surface area (Å²) in [5, 5.41) is 9.56. The quantitative estimate of drug-likeness (QED) is 0.0609. The molecule has 0 aromatic carbocycles. The van der Waals surface area contributed by atoms with Crippen LogP contribution in [-0.2, 0) is 32.8 Å². The number of ether oxygens (including phenoxy) is 2. The van der Waals surface area contributed by atoms with Crippen molar-refractivity contribution in [1.29, 1.82) is 0 Å². The van der Waals surface area contributed by atoms with Gasteiger partial charge in [0.1, 0.15) is 27.7 Å². The van der Waals surface area contributed by atoms with Crippen LogP contribution in [0.1, 0.15) is 0 Å². The van der Waals surface area contributed by atoms with Crippen LogP contribution in [0.2, 0.25) is 51.4 Å². The molecule has 0 N–H and O–H groups in total. The van der Waals surface area contributed by atoms with E-state index in [-0.39, 0.29) is 10.7 Å². The van der Waals surface area contributed by atoms with Gasteiger partial charge in [-0.1, -0.05) is 39.3 Å². The van der Waals surface area contributed by atoms with Crippen LogP contribution >= 0.6 is 43.6 Å². The van der Waals surface area contributed by atoms with Gasteiger partial charge in [0.2, 0.25) is 0 Å². The van der Waals surface area contributed by atoms with E-state index in [9.17, 15) is 8.42 Å². The second-order valence-corrected chi connectivity index (χ2v) is 30.2. The first kappa shape index (κ1) is 40.5. The second kappa shape index (κ2) is 16.7. The van der Waals surface area contributed by atoms with Gasteiger partial charge < -0.3 is 9.47 Å². The van der Waals surface area contributed by atoms with E-state index in [1.165, 1.54) is 0 Å². The molecule has 6 aromatic heterocycles. The summed E-state index contributed by atoms with van der Waals surface area (Å²) in [6.45, 7) is 16.3. The normalized spacial score (nSPS) is 12.5. The monoisotopic (exact) mass is 910 g/mol. The van der Waals surface area contributed by atoms with Crippen LogP contribution in [0.3, 0.4) is 0 Å². The number of sulfone groups is 1. The third-order valence-electron chi connectivity index (χ3n) is 7.71. The van der Waals surface area contributed by atoms with Crippen molar-refractivity contribution in [2.75, 3.05) is 25.7 Å². The summed E-state index contributed by atoms with van der Waals surface area (Å²) in [4.78, 5) is 17.3. The van der Waals surface area contributed by atoms with Crippen molar-refractivity contribution in [1.82, 2.24) is 48.3 Å². The maximum atomic E-state index is 12.0. The third-order valence-corrected chi connectivity index (χ3v) is 13.5. The summed E-state index contributed by atoms with van der Waals surface area (Å²) < 4.78 is 43.9. The zero-order chi connectivity index (χ0) is 37.8. The molecule has 0 spiro atoms. The first-order chi connectivity index (χ1) is 24.4. The molecule has 6 heterocycles. The van der Waals surface area contributed by atoms with Crippen molar-refractivity contribution in [2.24, 2.45) is 0 Å². The minimum absolute atomic E-state index is 0.0646. The van der Waals surface area contributed by atoms with Crippen molar-refractivity contribution < 1.29 is 17.9 Å². The maximum absolute atomic E-state index is 12.0. The number of nitrogens with zero attached hydrogens (tertiary/aromatic N) is 10. The van der Waals surface area contributed by atoms with E-state index in [2.05, 4.69) is 101 Å². The molecular formula is C32H44Br2N10O4S2Si2. The first-order valence-corrected chi connectivity index (χ1v) is 28.6. The van der Waals surface area contributed by atoms with E-state index in [0.717, 1.165) is 69.3 Å². The lowest BCUT2D eigenvalue weighted by molar-refractivity contribution is 0.0785. The van der Waals surface area contributed by atoms with Crippen LogP contribution in [0.4, 0.5) is 0 Å². The van der Waals surface area contributed by atoms with Crippen LogP contribution in [0.15, 0.2) is 68.8 Å². The Kier molecular flexibility index (Phi) is 13.0. The topological polar surface area (TPSA) is 149 Å². The summed E-state index contributed by atoms with van der Waals surface area (Å²) in [6.07, 6.45) is 17.6. The standard InChI is InChI=1S/C16H22BrN5O3SSi.C16H22BrN5OSSi/c1-26(23,24)16-15-18-8-13(22(15)10-14(17)20-16)12-7-19-21(9-12)11-25-5-6-27(2,3)4;1-24-16-15-18-8-13(22(15)10-14(17)20-16)12-7-19-21(9-12)11-23-5-6-25(2,3)4/h7-10H,5-6,11H2,1-4H3;7-10H,5-6,11H2,1-4H3. The van der Waals surface area contributed by atoms with E-state index in [1.54, 1.807) is 39.4 Å². The van der Waals surface area contributed by atoms with Gasteiger partial charge in [-0.25, -0.2) is 37.7 Å². The number of hydrogen-bond donors (Lipinski definition) is 0. The van der Waals surface area contributed by atoms with Crippen molar-refractivity contribution in [2.45, 2.75) is 74.9 Å². The number of hydrogen-bond acceptors (Lipinski definition) is 11. The van der Waals surface area contributed by atoms with Gasteiger partial charge in [-0.2, -0.15) is 10.2 Å². The minimum atomic E-state index is -3.50. The van der Waals surface area contributed by atoms with Crippen molar-refractivity contribution in [3.8, 4) is 22.5 Å². The fourth-order valence-corrected chi connectivity index (χ4v) is 8.67. The van der Waals surface area contributed by atoms with Crippen molar-refractivity contribution in [3.05, 3.63) is 58.8 Å². The van der Waals surface area contributed by atoms with Gasteiger partial charge in [0.25, 0.3) is 0 Å². The molecule has 0 amide bonds. The van der Waals surface area contributed by atoms with Crippen LogP contribution in [0.5, 0.6) is 0 Å². The molecule has 6 rings (SSSR count). The number of thioether (sulfide) groups is 1. The molecular weight excluding hydrogens is 869 g/mol. The lowest BCUT2D eigenvalue weighted by Gasteiger charge is -2.15. The van der Waals surface area contributed by atoms with Crippen LogP contribution in [0, 0.1) is 0 Å². The molecule has 0 aliphatic rings. The highest BCUT2D eigenvalue weighted by molar-refractivity contribution is 9.10. The van der Waals surface area contributed by atoms with Crippen molar-refractivity contribution >= 4 is 80.9 Å². The highest BCUT2D eigenvalue weighted by atomic mass is 79.9. The highest BCUT2D eigenvalue weighted by Crippen LogP contribution is 2.28. The number of halogens is 2. The second-order valence-electron chi connectivity index (χ2n) is 14.6. The fourth-order valence-electron chi connectivity index (χ4n) is 4.88. The Hall–Kier alpha value is -2.73. The number of rotatable bonds is 14. The summed E-state index contributed by atoms with van der Waals surface area (Å²) in [6, 6.07) is 2.26. The molecule has 0 radical (unpaired) electrons. The van der Waals surface area contributed by atoms with Gasteiger partial charge in [0.05, 0.1) is 36.2 Å². The van der Waals surface area contributed by atoms with Gasteiger partial charge in [0, 0.05) is 71.5 Å².